The summed E-state index contributed by atoms with van der Waals surface area (Å²) in [5.41, 5.74) is 0.539. The molecule has 0 aromatic carbocycles. The SMILES string of the molecule is CCC1OCCC1CN1C(=O)C=C(C)C1=O. The molecule has 4 heteroatoms. The molecular formula is C12H17NO3. The Kier molecular flexibility index (Phi) is 3.10. The van der Waals surface area contributed by atoms with Gasteiger partial charge in [-0.1, -0.05) is 6.92 Å². The van der Waals surface area contributed by atoms with E-state index in [4.69, 9.17) is 4.74 Å². The fourth-order valence-electron chi connectivity index (χ4n) is 2.40. The van der Waals surface area contributed by atoms with Gasteiger partial charge in [-0.05, 0) is 19.8 Å². The maximum Gasteiger partial charge on any atom is 0.256 e. The van der Waals surface area contributed by atoms with Crippen molar-refractivity contribution in [2.45, 2.75) is 32.8 Å². The van der Waals surface area contributed by atoms with Crippen LogP contribution in [0.25, 0.3) is 0 Å². The van der Waals surface area contributed by atoms with Crippen molar-refractivity contribution in [2.75, 3.05) is 13.2 Å². The molecule has 2 heterocycles. The summed E-state index contributed by atoms with van der Waals surface area (Å²) >= 11 is 0. The van der Waals surface area contributed by atoms with Crippen LogP contribution in [0.1, 0.15) is 26.7 Å². The fourth-order valence-corrected chi connectivity index (χ4v) is 2.40. The smallest absolute Gasteiger partial charge is 0.256 e. The molecule has 2 aliphatic heterocycles. The van der Waals surface area contributed by atoms with E-state index in [0.29, 0.717) is 18.0 Å². The summed E-state index contributed by atoms with van der Waals surface area (Å²) in [5.74, 6) is -0.0202. The summed E-state index contributed by atoms with van der Waals surface area (Å²) in [6.07, 6.45) is 3.49. The summed E-state index contributed by atoms with van der Waals surface area (Å²) < 4.78 is 5.56. The lowest BCUT2D eigenvalue weighted by molar-refractivity contribution is -0.138. The van der Waals surface area contributed by atoms with Crippen LogP contribution in [0.4, 0.5) is 0 Å². The van der Waals surface area contributed by atoms with Crippen molar-refractivity contribution in [1.82, 2.24) is 4.90 Å². The highest BCUT2D eigenvalue weighted by molar-refractivity contribution is 6.15. The van der Waals surface area contributed by atoms with E-state index >= 15 is 0 Å². The van der Waals surface area contributed by atoms with Crippen LogP contribution in [0.15, 0.2) is 11.6 Å². The zero-order valence-corrected chi connectivity index (χ0v) is 9.73. The van der Waals surface area contributed by atoms with E-state index in [1.807, 2.05) is 0 Å². The number of carbonyl (C=O) groups excluding carboxylic acids is 2. The number of hydrogen-bond donors (Lipinski definition) is 0. The van der Waals surface area contributed by atoms with Crippen LogP contribution in [-0.2, 0) is 14.3 Å². The number of rotatable bonds is 3. The maximum absolute atomic E-state index is 11.7. The minimum Gasteiger partial charge on any atom is -0.378 e. The first kappa shape index (κ1) is 11.3. The van der Waals surface area contributed by atoms with Gasteiger partial charge in [-0.25, -0.2) is 0 Å². The van der Waals surface area contributed by atoms with Crippen LogP contribution in [0.2, 0.25) is 0 Å². The maximum atomic E-state index is 11.7. The van der Waals surface area contributed by atoms with Crippen LogP contribution < -0.4 is 0 Å². The van der Waals surface area contributed by atoms with E-state index in [1.165, 1.54) is 11.0 Å². The predicted molar refractivity (Wildman–Crippen MR) is 58.6 cm³/mol. The number of hydrogen-bond acceptors (Lipinski definition) is 3. The quantitative estimate of drug-likeness (QED) is 0.673. The molecule has 0 spiro atoms. The molecule has 2 atom stereocenters. The van der Waals surface area contributed by atoms with E-state index in [2.05, 4.69) is 6.92 Å². The minimum absolute atomic E-state index is 0.147. The Hall–Kier alpha value is -1.16. The average molecular weight is 223 g/mol. The summed E-state index contributed by atoms with van der Waals surface area (Å²) in [7, 11) is 0. The average Bonchev–Trinajstić information content (AvgIpc) is 2.79. The van der Waals surface area contributed by atoms with Crippen LogP contribution in [0, 0.1) is 5.92 Å². The van der Waals surface area contributed by atoms with Gasteiger partial charge in [0.15, 0.2) is 0 Å². The summed E-state index contributed by atoms with van der Waals surface area (Å²) in [6.45, 7) is 5.00. The van der Waals surface area contributed by atoms with Crippen molar-refractivity contribution in [2.24, 2.45) is 5.92 Å². The molecule has 2 amide bonds. The molecule has 0 saturated carbocycles. The van der Waals surface area contributed by atoms with Gasteiger partial charge in [0.25, 0.3) is 11.8 Å². The Morgan fingerprint density at radius 2 is 2.25 bits per heavy atom. The Balaban J connectivity index is 2.00. The highest BCUT2D eigenvalue weighted by Gasteiger charge is 2.35. The van der Waals surface area contributed by atoms with Gasteiger partial charge in [0.05, 0.1) is 6.10 Å². The Morgan fingerprint density at radius 1 is 1.50 bits per heavy atom. The van der Waals surface area contributed by atoms with Crippen molar-refractivity contribution in [3.8, 4) is 0 Å². The van der Waals surface area contributed by atoms with Crippen LogP contribution in [-0.4, -0.2) is 36.0 Å². The molecule has 0 bridgehead atoms. The second kappa shape index (κ2) is 4.37. The molecule has 16 heavy (non-hydrogen) atoms. The van der Waals surface area contributed by atoms with E-state index in [9.17, 15) is 9.59 Å². The topological polar surface area (TPSA) is 46.6 Å². The monoisotopic (exact) mass is 223 g/mol. The zero-order chi connectivity index (χ0) is 11.7. The number of amides is 2. The van der Waals surface area contributed by atoms with E-state index in [0.717, 1.165) is 19.4 Å². The van der Waals surface area contributed by atoms with E-state index in [1.54, 1.807) is 6.92 Å². The van der Waals surface area contributed by atoms with Crippen molar-refractivity contribution < 1.29 is 14.3 Å². The molecule has 2 aliphatic rings. The van der Waals surface area contributed by atoms with E-state index in [-0.39, 0.29) is 17.9 Å². The Bertz CT molecular complexity index is 348. The van der Waals surface area contributed by atoms with Gasteiger partial charge in [-0.3, -0.25) is 14.5 Å². The molecule has 4 nitrogen and oxygen atoms in total. The molecule has 2 rings (SSSR count). The minimum atomic E-state index is -0.177. The van der Waals surface area contributed by atoms with Gasteiger partial charge in [0.2, 0.25) is 0 Å². The van der Waals surface area contributed by atoms with E-state index < -0.39 is 0 Å². The third-order valence-corrected chi connectivity index (χ3v) is 3.35. The number of ether oxygens (including phenoxy) is 1. The van der Waals surface area contributed by atoms with Crippen molar-refractivity contribution >= 4 is 11.8 Å². The predicted octanol–water partition coefficient (Wildman–Crippen LogP) is 1.12. The van der Waals surface area contributed by atoms with Crippen molar-refractivity contribution in [1.29, 1.82) is 0 Å². The van der Waals surface area contributed by atoms with Crippen LogP contribution in [0.3, 0.4) is 0 Å². The molecule has 0 aromatic heterocycles. The lowest BCUT2D eigenvalue weighted by Crippen LogP contribution is -2.37. The lowest BCUT2D eigenvalue weighted by Gasteiger charge is -2.22. The van der Waals surface area contributed by atoms with Crippen LogP contribution >= 0.6 is 0 Å². The third-order valence-electron chi connectivity index (χ3n) is 3.35. The molecule has 88 valence electrons. The first-order chi connectivity index (χ1) is 7.63. The highest BCUT2D eigenvalue weighted by Crippen LogP contribution is 2.26. The fraction of sp³-hybridized carbons (Fsp3) is 0.667. The number of nitrogens with zero attached hydrogens (tertiary/aromatic N) is 1. The van der Waals surface area contributed by atoms with Crippen molar-refractivity contribution in [3.05, 3.63) is 11.6 Å². The molecule has 0 aromatic rings. The first-order valence-corrected chi connectivity index (χ1v) is 5.79. The Labute approximate surface area is 95.2 Å². The highest BCUT2D eigenvalue weighted by atomic mass is 16.5. The van der Waals surface area contributed by atoms with Gasteiger partial charge < -0.3 is 4.74 Å². The largest absolute Gasteiger partial charge is 0.378 e. The molecule has 2 unspecified atom stereocenters. The van der Waals surface area contributed by atoms with Gasteiger partial charge in [0.1, 0.15) is 0 Å². The number of carbonyl (C=O) groups is 2. The number of imide groups is 1. The normalized spacial score (nSPS) is 30.1. The van der Waals surface area contributed by atoms with Gasteiger partial charge in [-0.15, -0.1) is 0 Å². The first-order valence-electron chi connectivity index (χ1n) is 5.79. The van der Waals surface area contributed by atoms with Crippen LogP contribution in [0.5, 0.6) is 0 Å². The second-order valence-electron chi connectivity index (χ2n) is 4.45. The molecule has 1 fully saturated rings. The third kappa shape index (κ3) is 1.89. The second-order valence-corrected chi connectivity index (χ2v) is 4.45. The molecule has 0 radical (unpaired) electrons. The zero-order valence-electron chi connectivity index (χ0n) is 9.73. The van der Waals surface area contributed by atoms with Crippen molar-refractivity contribution in [3.63, 3.8) is 0 Å². The standard InChI is InChI=1S/C12H17NO3/c1-3-10-9(4-5-16-10)7-13-11(14)6-8(2)12(13)15/h6,9-10H,3-5,7H2,1-2H3. The van der Waals surface area contributed by atoms with Gasteiger partial charge >= 0.3 is 0 Å². The summed E-state index contributed by atoms with van der Waals surface area (Å²) in [6, 6.07) is 0. The molecule has 0 N–H and O–H groups in total. The molecular weight excluding hydrogens is 206 g/mol. The summed E-state index contributed by atoms with van der Waals surface area (Å²) in [5, 5.41) is 0. The Morgan fingerprint density at radius 3 is 2.81 bits per heavy atom. The van der Waals surface area contributed by atoms with Gasteiger partial charge in [0, 0.05) is 30.7 Å². The van der Waals surface area contributed by atoms with Gasteiger partial charge in [-0.2, -0.15) is 0 Å². The molecule has 0 aliphatic carbocycles. The lowest BCUT2D eigenvalue weighted by atomic mass is 9.99. The summed E-state index contributed by atoms with van der Waals surface area (Å²) in [4.78, 5) is 24.6. The molecule has 1 saturated heterocycles.